The number of nitrogens with two attached hydrogens (primary N) is 1. The number of amides is 1. The van der Waals surface area contributed by atoms with Crippen LogP contribution in [0.25, 0.3) is 0 Å². The minimum Gasteiger partial charge on any atom is -0.366 e. The molecule has 0 saturated carbocycles. The largest absolute Gasteiger partial charge is 0.366 e. The Labute approximate surface area is 70.6 Å². The average Bonchev–Trinajstić information content (AvgIpc) is 2.49. The first kappa shape index (κ1) is 7.31. The summed E-state index contributed by atoms with van der Waals surface area (Å²) in [6, 6.07) is 5.65. The molecule has 0 aliphatic carbocycles. The van der Waals surface area contributed by atoms with Crippen LogP contribution in [0.1, 0.15) is 21.5 Å². The summed E-state index contributed by atoms with van der Waals surface area (Å²) in [4.78, 5) is 11.0. The third-order valence-electron chi connectivity index (χ3n) is 2.16. The Kier molecular flexibility index (Phi) is 1.59. The highest BCUT2D eigenvalue weighted by molar-refractivity contribution is 5.94. The highest BCUT2D eigenvalue weighted by atomic mass is 16.1. The third-order valence-corrected chi connectivity index (χ3v) is 2.16. The molecule has 1 amide bonds. The van der Waals surface area contributed by atoms with E-state index in [0.717, 1.165) is 18.7 Å². The second kappa shape index (κ2) is 2.60. The highest BCUT2D eigenvalue weighted by Gasteiger charge is 2.15. The average molecular weight is 162 g/mol. The van der Waals surface area contributed by atoms with Gasteiger partial charge in [-0.05, 0) is 17.2 Å². The summed E-state index contributed by atoms with van der Waals surface area (Å²) in [6.07, 6.45) is 0. The van der Waals surface area contributed by atoms with Crippen molar-refractivity contribution in [1.82, 2.24) is 5.32 Å². The molecule has 0 unspecified atom stereocenters. The zero-order valence-electron chi connectivity index (χ0n) is 6.63. The van der Waals surface area contributed by atoms with Gasteiger partial charge in [-0.3, -0.25) is 4.79 Å². The van der Waals surface area contributed by atoms with Crippen LogP contribution in [0.15, 0.2) is 18.2 Å². The molecule has 0 bridgehead atoms. The lowest BCUT2D eigenvalue weighted by molar-refractivity contribution is 0.0999. The van der Waals surface area contributed by atoms with Crippen molar-refractivity contribution in [3.8, 4) is 0 Å². The zero-order chi connectivity index (χ0) is 8.55. The maximum absolute atomic E-state index is 11.0. The molecule has 1 heterocycles. The first-order chi connectivity index (χ1) is 5.79. The molecule has 1 aliphatic rings. The fourth-order valence-electron chi connectivity index (χ4n) is 1.56. The Hall–Kier alpha value is -1.35. The van der Waals surface area contributed by atoms with Crippen molar-refractivity contribution >= 4 is 5.91 Å². The summed E-state index contributed by atoms with van der Waals surface area (Å²) >= 11 is 0. The number of hydrogen-bond acceptors (Lipinski definition) is 2. The summed E-state index contributed by atoms with van der Waals surface area (Å²) in [7, 11) is 0. The first-order valence-corrected chi connectivity index (χ1v) is 3.90. The van der Waals surface area contributed by atoms with Crippen molar-refractivity contribution in [2.75, 3.05) is 0 Å². The summed E-state index contributed by atoms with van der Waals surface area (Å²) < 4.78 is 0. The van der Waals surface area contributed by atoms with E-state index in [1.165, 1.54) is 5.56 Å². The minimum atomic E-state index is -0.337. The number of nitrogens with one attached hydrogen (secondary N) is 1. The lowest BCUT2D eigenvalue weighted by atomic mass is 10.0. The van der Waals surface area contributed by atoms with Crippen LogP contribution in [0.4, 0.5) is 0 Å². The van der Waals surface area contributed by atoms with Crippen molar-refractivity contribution in [2.45, 2.75) is 13.1 Å². The van der Waals surface area contributed by atoms with Gasteiger partial charge in [-0.15, -0.1) is 0 Å². The standard InChI is InChI=1S/C9H10N2O/c10-9(12)7-3-1-2-6-4-11-5-8(6)7/h1-3,11H,4-5H2,(H2,10,12). The Balaban J connectivity index is 2.56. The van der Waals surface area contributed by atoms with Gasteiger partial charge in [-0.25, -0.2) is 0 Å². The van der Waals surface area contributed by atoms with Crippen molar-refractivity contribution in [3.05, 3.63) is 34.9 Å². The van der Waals surface area contributed by atoms with Crippen LogP contribution in [0, 0.1) is 0 Å². The van der Waals surface area contributed by atoms with E-state index < -0.39 is 0 Å². The number of fused-ring (bicyclic) bond motifs is 1. The van der Waals surface area contributed by atoms with Gasteiger partial charge >= 0.3 is 0 Å². The van der Waals surface area contributed by atoms with Gasteiger partial charge in [0.2, 0.25) is 5.91 Å². The molecule has 0 atom stereocenters. The van der Waals surface area contributed by atoms with Gasteiger partial charge in [-0.2, -0.15) is 0 Å². The van der Waals surface area contributed by atoms with E-state index in [-0.39, 0.29) is 5.91 Å². The molecule has 3 heteroatoms. The number of rotatable bonds is 1. The van der Waals surface area contributed by atoms with E-state index in [2.05, 4.69) is 5.32 Å². The fraction of sp³-hybridized carbons (Fsp3) is 0.222. The van der Waals surface area contributed by atoms with E-state index in [9.17, 15) is 4.79 Å². The van der Waals surface area contributed by atoms with Gasteiger partial charge < -0.3 is 11.1 Å². The van der Waals surface area contributed by atoms with Gasteiger partial charge in [0, 0.05) is 18.7 Å². The number of carbonyl (C=O) groups excluding carboxylic acids is 1. The molecule has 3 N–H and O–H groups in total. The second-order valence-electron chi connectivity index (χ2n) is 2.91. The van der Waals surface area contributed by atoms with Crippen molar-refractivity contribution in [3.63, 3.8) is 0 Å². The Morgan fingerprint density at radius 3 is 3.00 bits per heavy atom. The third kappa shape index (κ3) is 0.987. The molecule has 0 aromatic heterocycles. The molecule has 0 saturated heterocycles. The molecule has 2 rings (SSSR count). The maximum Gasteiger partial charge on any atom is 0.249 e. The Bertz CT molecular complexity index is 333. The zero-order valence-corrected chi connectivity index (χ0v) is 6.63. The predicted molar refractivity (Wildman–Crippen MR) is 45.5 cm³/mol. The quantitative estimate of drug-likeness (QED) is 0.627. The monoisotopic (exact) mass is 162 g/mol. The topological polar surface area (TPSA) is 55.1 Å². The van der Waals surface area contributed by atoms with E-state index in [4.69, 9.17) is 5.73 Å². The van der Waals surface area contributed by atoms with Crippen LogP contribution in [-0.2, 0) is 13.1 Å². The fourth-order valence-corrected chi connectivity index (χ4v) is 1.56. The van der Waals surface area contributed by atoms with Gasteiger partial charge in [0.05, 0.1) is 0 Å². The van der Waals surface area contributed by atoms with Gasteiger partial charge in [0.15, 0.2) is 0 Å². The van der Waals surface area contributed by atoms with Crippen molar-refractivity contribution in [2.24, 2.45) is 5.73 Å². The molecule has 12 heavy (non-hydrogen) atoms. The number of primary amides is 1. The van der Waals surface area contributed by atoms with Gasteiger partial charge in [-0.1, -0.05) is 12.1 Å². The highest BCUT2D eigenvalue weighted by Crippen LogP contribution is 2.18. The molecule has 62 valence electrons. The second-order valence-corrected chi connectivity index (χ2v) is 2.91. The smallest absolute Gasteiger partial charge is 0.249 e. The van der Waals surface area contributed by atoms with E-state index in [1.807, 2.05) is 12.1 Å². The molecule has 1 aromatic rings. The summed E-state index contributed by atoms with van der Waals surface area (Å²) in [5.41, 5.74) is 8.12. The normalized spacial score (nSPS) is 14.3. The SMILES string of the molecule is NC(=O)c1cccc2c1CNC2. The lowest BCUT2D eigenvalue weighted by Gasteiger charge is -2.02. The first-order valence-electron chi connectivity index (χ1n) is 3.90. The molecular weight excluding hydrogens is 152 g/mol. The van der Waals surface area contributed by atoms with Crippen LogP contribution in [0.5, 0.6) is 0 Å². The summed E-state index contributed by atoms with van der Waals surface area (Å²) in [6.45, 7) is 1.60. The van der Waals surface area contributed by atoms with Crippen molar-refractivity contribution in [1.29, 1.82) is 0 Å². The number of hydrogen-bond donors (Lipinski definition) is 2. The van der Waals surface area contributed by atoms with E-state index in [1.54, 1.807) is 6.07 Å². The lowest BCUT2D eigenvalue weighted by Crippen LogP contribution is -2.14. The summed E-state index contributed by atoms with van der Waals surface area (Å²) in [5, 5.41) is 3.18. The van der Waals surface area contributed by atoms with Gasteiger partial charge in [0.25, 0.3) is 0 Å². The summed E-state index contributed by atoms with van der Waals surface area (Å²) in [5.74, 6) is -0.337. The van der Waals surface area contributed by atoms with Gasteiger partial charge in [0.1, 0.15) is 0 Å². The number of benzene rings is 1. The van der Waals surface area contributed by atoms with E-state index >= 15 is 0 Å². The molecular formula is C9H10N2O. The van der Waals surface area contributed by atoms with Crippen LogP contribution in [0.3, 0.4) is 0 Å². The molecule has 0 radical (unpaired) electrons. The molecule has 0 fully saturated rings. The van der Waals surface area contributed by atoms with Crippen LogP contribution in [-0.4, -0.2) is 5.91 Å². The Morgan fingerprint density at radius 2 is 2.25 bits per heavy atom. The van der Waals surface area contributed by atoms with Crippen molar-refractivity contribution < 1.29 is 4.79 Å². The van der Waals surface area contributed by atoms with Crippen LogP contribution < -0.4 is 11.1 Å². The molecule has 1 aliphatic heterocycles. The minimum absolute atomic E-state index is 0.337. The molecule has 0 spiro atoms. The Morgan fingerprint density at radius 1 is 1.42 bits per heavy atom. The molecule has 3 nitrogen and oxygen atoms in total. The molecule has 1 aromatic carbocycles. The predicted octanol–water partition coefficient (Wildman–Crippen LogP) is 0.389. The maximum atomic E-state index is 11.0. The van der Waals surface area contributed by atoms with Crippen LogP contribution >= 0.6 is 0 Å². The van der Waals surface area contributed by atoms with Crippen LogP contribution in [0.2, 0.25) is 0 Å². The number of carbonyl (C=O) groups is 1. The van der Waals surface area contributed by atoms with E-state index in [0.29, 0.717) is 5.56 Å².